The Bertz CT molecular complexity index is 750. The van der Waals surface area contributed by atoms with E-state index in [1.165, 1.54) is 5.56 Å². The maximum absolute atomic E-state index is 5.90. The van der Waals surface area contributed by atoms with Crippen molar-refractivity contribution in [2.24, 2.45) is 0 Å². The molecule has 2 aromatic carbocycles. The molecule has 2 N–H and O–H groups in total. The second kappa shape index (κ2) is 5.17. The molecule has 102 valence electrons. The highest BCUT2D eigenvalue weighted by atomic mass is 79.9. The van der Waals surface area contributed by atoms with E-state index in [1.807, 2.05) is 42.7 Å². The molecule has 3 aromatic rings. The summed E-state index contributed by atoms with van der Waals surface area (Å²) < 4.78 is 8.16. The minimum Gasteiger partial charge on any atom is -0.497 e. The molecule has 0 aliphatic heterocycles. The lowest BCUT2D eigenvalue weighted by Crippen LogP contribution is -1.98. The first kappa shape index (κ1) is 13.0. The van der Waals surface area contributed by atoms with Crippen molar-refractivity contribution in [1.82, 2.24) is 9.55 Å². The first-order valence-corrected chi connectivity index (χ1v) is 6.99. The smallest absolute Gasteiger partial charge is 0.118 e. The summed E-state index contributed by atoms with van der Waals surface area (Å²) in [6.45, 7) is 0.746. The second-order valence-corrected chi connectivity index (χ2v) is 5.45. The number of methoxy groups -OCH3 is 1. The Morgan fingerprint density at radius 3 is 2.70 bits per heavy atom. The Morgan fingerprint density at radius 1 is 1.25 bits per heavy atom. The zero-order chi connectivity index (χ0) is 14.1. The number of anilines is 1. The Labute approximate surface area is 125 Å². The van der Waals surface area contributed by atoms with Crippen LogP contribution in [0, 0.1) is 0 Å². The van der Waals surface area contributed by atoms with Gasteiger partial charge in [0.1, 0.15) is 11.3 Å². The van der Waals surface area contributed by atoms with Crippen molar-refractivity contribution >= 4 is 32.7 Å². The van der Waals surface area contributed by atoms with E-state index >= 15 is 0 Å². The number of nitrogens with zero attached hydrogens (tertiary/aromatic N) is 2. The molecule has 0 amide bonds. The number of nitrogen functional groups attached to an aromatic ring is 1. The van der Waals surface area contributed by atoms with Crippen LogP contribution in [0.5, 0.6) is 5.75 Å². The number of hydrogen-bond donors (Lipinski definition) is 1. The number of aromatic nitrogens is 2. The van der Waals surface area contributed by atoms with E-state index in [1.54, 1.807) is 7.11 Å². The fourth-order valence-corrected chi connectivity index (χ4v) is 2.76. The van der Waals surface area contributed by atoms with Crippen LogP contribution in [0.2, 0.25) is 0 Å². The monoisotopic (exact) mass is 331 g/mol. The maximum Gasteiger partial charge on any atom is 0.118 e. The van der Waals surface area contributed by atoms with Gasteiger partial charge in [0.05, 0.1) is 19.0 Å². The lowest BCUT2D eigenvalue weighted by atomic mass is 10.2. The molecule has 0 bridgehead atoms. The van der Waals surface area contributed by atoms with E-state index in [-0.39, 0.29) is 0 Å². The summed E-state index contributed by atoms with van der Waals surface area (Å²) >= 11 is 3.49. The molecule has 0 aliphatic rings. The lowest BCUT2D eigenvalue weighted by Gasteiger charge is -2.07. The number of benzene rings is 2. The van der Waals surface area contributed by atoms with E-state index in [0.29, 0.717) is 0 Å². The van der Waals surface area contributed by atoms with Gasteiger partial charge in [-0.05, 0) is 45.8 Å². The molecule has 3 rings (SSSR count). The predicted molar refractivity (Wildman–Crippen MR) is 83.9 cm³/mol. The molecular formula is C15H14BrN3O. The number of fused-ring (bicyclic) bond motifs is 1. The highest BCUT2D eigenvalue weighted by Crippen LogP contribution is 2.26. The van der Waals surface area contributed by atoms with E-state index < -0.39 is 0 Å². The van der Waals surface area contributed by atoms with Gasteiger partial charge < -0.3 is 15.0 Å². The average molecular weight is 332 g/mol. The van der Waals surface area contributed by atoms with Gasteiger partial charge in [0.25, 0.3) is 0 Å². The van der Waals surface area contributed by atoms with Gasteiger partial charge in [0.15, 0.2) is 0 Å². The minimum absolute atomic E-state index is 0.723. The van der Waals surface area contributed by atoms with Crippen LogP contribution in [0.1, 0.15) is 5.56 Å². The first-order valence-electron chi connectivity index (χ1n) is 6.20. The van der Waals surface area contributed by atoms with Crippen molar-refractivity contribution in [2.75, 3.05) is 12.8 Å². The van der Waals surface area contributed by atoms with Crippen molar-refractivity contribution in [3.8, 4) is 5.75 Å². The molecule has 0 fully saturated rings. The van der Waals surface area contributed by atoms with Crippen LogP contribution in [-0.4, -0.2) is 16.7 Å². The fraction of sp³-hybridized carbons (Fsp3) is 0.133. The summed E-state index contributed by atoms with van der Waals surface area (Å²) in [6, 6.07) is 11.8. The van der Waals surface area contributed by atoms with Crippen molar-refractivity contribution in [3.63, 3.8) is 0 Å². The molecule has 0 atom stereocenters. The summed E-state index contributed by atoms with van der Waals surface area (Å²) in [5.41, 5.74) is 9.75. The van der Waals surface area contributed by atoms with Gasteiger partial charge in [-0.2, -0.15) is 0 Å². The van der Waals surface area contributed by atoms with Gasteiger partial charge in [-0.1, -0.05) is 12.1 Å². The highest BCUT2D eigenvalue weighted by Gasteiger charge is 2.07. The third kappa shape index (κ3) is 2.36. The van der Waals surface area contributed by atoms with Gasteiger partial charge in [-0.25, -0.2) is 4.98 Å². The van der Waals surface area contributed by atoms with Crippen LogP contribution in [0.15, 0.2) is 47.2 Å². The van der Waals surface area contributed by atoms with E-state index in [0.717, 1.165) is 33.5 Å². The predicted octanol–water partition coefficient (Wildman–Crippen LogP) is 3.44. The van der Waals surface area contributed by atoms with Gasteiger partial charge >= 0.3 is 0 Å². The summed E-state index contributed by atoms with van der Waals surface area (Å²) in [5, 5.41) is 0. The molecule has 0 unspecified atom stereocenters. The Morgan fingerprint density at radius 2 is 2.00 bits per heavy atom. The van der Waals surface area contributed by atoms with Crippen LogP contribution in [-0.2, 0) is 6.54 Å². The Balaban J connectivity index is 1.97. The third-order valence-electron chi connectivity index (χ3n) is 3.21. The lowest BCUT2D eigenvalue weighted by molar-refractivity contribution is 0.414. The standard InChI is InChI=1S/C15H14BrN3O/c1-20-12-4-2-10(3-5-12)8-19-9-18-15-13(16)6-11(17)7-14(15)19/h2-7,9H,8,17H2,1H3. The van der Waals surface area contributed by atoms with Gasteiger partial charge in [0.2, 0.25) is 0 Å². The Kier molecular flexibility index (Phi) is 3.36. The molecule has 1 heterocycles. The largest absolute Gasteiger partial charge is 0.497 e. The van der Waals surface area contributed by atoms with Gasteiger partial charge in [-0.15, -0.1) is 0 Å². The summed E-state index contributed by atoms with van der Waals surface area (Å²) in [6.07, 6.45) is 1.83. The zero-order valence-electron chi connectivity index (χ0n) is 11.0. The van der Waals surface area contributed by atoms with Crippen LogP contribution in [0.25, 0.3) is 11.0 Å². The Hall–Kier alpha value is -2.01. The number of ether oxygens (including phenoxy) is 1. The number of rotatable bonds is 3. The van der Waals surface area contributed by atoms with Gasteiger partial charge in [-0.3, -0.25) is 0 Å². The molecule has 5 heteroatoms. The molecule has 1 aromatic heterocycles. The number of imidazole rings is 1. The molecular weight excluding hydrogens is 318 g/mol. The molecule has 0 saturated heterocycles. The summed E-state index contributed by atoms with van der Waals surface area (Å²) in [7, 11) is 1.67. The normalized spacial score (nSPS) is 10.9. The van der Waals surface area contributed by atoms with Crippen LogP contribution < -0.4 is 10.5 Å². The molecule has 0 spiro atoms. The number of hydrogen-bond acceptors (Lipinski definition) is 3. The molecule has 0 aliphatic carbocycles. The maximum atomic E-state index is 5.90. The SMILES string of the molecule is COc1ccc(Cn2cnc3c(Br)cc(N)cc32)cc1. The van der Waals surface area contributed by atoms with Crippen molar-refractivity contribution in [1.29, 1.82) is 0 Å². The minimum atomic E-state index is 0.723. The van der Waals surface area contributed by atoms with Crippen LogP contribution in [0.3, 0.4) is 0 Å². The molecule has 4 nitrogen and oxygen atoms in total. The van der Waals surface area contributed by atoms with E-state index in [2.05, 4.69) is 25.5 Å². The highest BCUT2D eigenvalue weighted by molar-refractivity contribution is 9.10. The fourth-order valence-electron chi connectivity index (χ4n) is 2.19. The van der Waals surface area contributed by atoms with Crippen molar-refractivity contribution in [3.05, 3.63) is 52.8 Å². The topological polar surface area (TPSA) is 53.1 Å². The number of halogens is 1. The van der Waals surface area contributed by atoms with Crippen LogP contribution >= 0.6 is 15.9 Å². The average Bonchev–Trinajstić information content (AvgIpc) is 2.83. The number of nitrogens with two attached hydrogens (primary N) is 1. The summed E-state index contributed by atoms with van der Waals surface area (Å²) in [4.78, 5) is 4.43. The summed E-state index contributed by atoms with van der Waals surface area (Å²) in [5.74, 6) is 0.858. The van der Waals surface area contributed by atoms with Crippen LogP contribution in [0.4, 0.5) is 5.69 Å². The molecule has 20 heavy (non-hydrogen) atoms. The van der Waals surface area contributed by atoms with Gasteiger partial charge in [0, 0.05) is 16.7 Å². The first-order chi connectivity index (χ1) is 9.67. The third-order valence-corrected chi connectivity index (χ3v) is 3.82. The zero-order valence-corrected chi connectivity index (χ0v) is 12.6. The quantitative estimate of drug-likeness (QED) is 0.748. The van der Waals surface area contributed by atoms with E-state index in [4.69, 9.17) is 10.5 Å². The molecule has 0 saturated carbocycles. The van der Waals surface area contributed by atoms with E-state index in [9.17, 15) is 0 Å². The van der Waals surface area contributed by atoms with Crippen molar-refractivity contribution in [2.45, 2.75) is 6.54 Å². The van der Waals surface area contributed by atoms with Crippen molar-refractivity contribution < 1.29 is 4.74 Å². The second-order valence-electron chi connectivity index (χ2n) is 4.59. The molecule has 0 radical (unpaired) electrons.